The van der Waals surface area contributed by atoms with Gasteiger partial charge in [0.2, 0.25) is 0 Å². The molecule has 10 heteroatoms. The Morgan fingerprint density at radius 1 is 1.24 bits per heavy atom. The van der Waals surface area contributed by atoms with Crippen molar-refractivity contribution in [3.05, 3.63) is 45.9 Å². The summed E-state index contributed by atoms with van der Waals surface area (Å²) in [5.41, 5.74) is -2.21. The fourth-order valence-electron chi connectivity index (χ4n) is 2.26. The molecule has 0 aliphatic carbocycles. The highest BCUT2D eigenvalue weighted by Crippen LogP contribution is 2.37. The molecule has 2 rings (SSSR count). The summed E-state index contributed by atoms with van der Waals surface area (Å²) in [5, 5.41) is 10.7. The van der Waals surface area contributed by atoms with E-state index in [0.717, 1.165) is 28.4 Å². The zero-order chi connectivity index (χ0) is 18.8. The van der Waals surface area contributed by atoms with Gasteiger partial charge in [-0.1, -0.05) is 0 Å². The summed E-state index contributed by atoms with van der Waals surface area (Å²) < 4.78 is 78.1. The van der Waals surface area contributed by atoms with Gasteiger partial charge >= 0.3 is 12.4 Å². The Morgan fingerprint density at radius 3 is 2.40 bits per heavy atom. The monoisotopic (exact) mass is 379 g/mol. The standard InChI is InChI=1S/C15H11F6N3S/c1-9(13-23-4-5-25-13)24(8-14(16,17)18)11-3-2-10(7-22)12(6-11)15(19,20)21/h2-6,9H,8H2,1H3. The van der Waals surface area contributed by atoms with Gasteiger partial charge in [0.05, 0.1) is 23.2 Å². The molecule has 1 aromatic heterocycles. The van der Waals surface area contributed by atoms with Crippen molar-refractivity contribution in [2.24, 2.45) is 0 Å². The van der Waals surface area contributed by atoms with Crippen molar-refractivity contribution in [2.75, 3.05) is 11.4 Å². The molecule has 0 radical (unpaired) electrons. The lowest BCUT2D eigenvalue weighted by molar-refractivity contribution is -0.137. The average molecular weight is 379 g/mol. The summed E-state index contributed by atoms with van der Waals surface area (Å²) in [7, 11) is 0. The number of benzene rings is 1. The third-order valence-corrected chi connectivity index (χ3v) is 4.33. The number of anilines is 1. The van der Waals surface area contributed by atoms with Crippen molar-refractivity contribution in [2.45, 2.75) is 25.3 Å². The SMILES string of the molecule is CC(c1nccs1)N(CC(F)(F)F)c1ccc(C#N)c(C(F)(F)F)c1. The van der Waals surface area contributed by atoms with E-state index < -0.39 is 36.1 Å². The van der Waals surface area contributed by atoms with E-state index >= 15 is 0 Å². The van der Waals surface area contributed by atoms with Crippen LogP contribution < -0.4 is 4.90 Å². The van der Waals surface area contributed by atoms with Gasteiger partial charge in [-0.15, -0.1) is 11.3 Å². The van der Waals surface area contributed by atoms with Crippen molar-refractivity contribution >= 4 is 17.0 Å². The zero-order valence-electron chi connectivity index (χ0n) is 12.7. The quantitative estimate of drug-likeness (QED) is 0.689. The second-order valence-corrected chi connectivity index (χ2v) is 6.05. The van der Waals surface area contributed by atoms with Crippen molar-refractivity contribution in [3.63, 3.8) is 0 Å². The second-order valence-electron chi connectivity index (χ2n) is 5.13. The molecule has 0 saturated carbocycles. The summed E-state index contributed by atoms with van der Waals surface area (Å²) >= 11 is 1.10. The van der Waals surface area contributed by atoms with E-state index in [4.69, 9.17) is 5.26 Å². The van der Waals surface area contributed by atoms with Crippen LogP contribution in [-0.2, 0) is 6.18 Å². The number of alkyl halides is 6. The van der Waals surface area contributed by atoms with Gasteiger partial charge < -0.3 is 4.90 Å². The van der Waals surface area contributed by atoms with Crippen LogP contribution in [0.3, 0.4) is 0 Å². The molecule has 25 heavy (non-hydrogen) atoms. The van der Waals surface area contributed by atoms with Crippen molar-refractivity contribution in [1.82, 2.24) is 4.98 Å². The molecule has 0 amide bonds. The topological polar surface area (TPSA) is 39.9 Å². The molecule has 0 bridgehead atoms. The van der Waals surface area contributed by atoms with Crippen molar-refractivity contribution in [3.8, 4) is 6.07 Å². The number of nitrogens with zero attached hydrogens (tertiary/aromatic N) is 3. The summed E-state index contributed by atoms with van der Waals surface area (Å²) in [4.78, 5) is 4.72. The lowest BCUT2D eigenvalue weighted by atomic mass is 10.1. The smallest absolute Gasteiger partial charge is 0.353 e. The van der Waals surface area contributed by atoms with Crippen molar-refractivity contribution in [1.29, 1.82) is 5.26 Å². The highest BCUT2D eigenvalue weighted by atomic mass is 32.1. The largest absolute Gasteiger partial charge is 0.417 e. The summed E-state index contributed by atoms with van der Waals surface area (Å²) in [5.74, 6) is 0. The first-order chi connectivity index (χ1) is 11.5. The van der Waals surface area contributed by atoms with Crippen LogP contribution in [0.1, 0.15) is 29.1 Å². The molecule has 3 nitrogen and oxygen atoms in total. The Morgan fingerprint density at radius 2 is 1.92 bits per heavy atom. The molecule has 0 saturated heterocycles. The van der Waals surface area contributed by atoms with Gasteiger partial charge in [0.15, 0.2) is 0 Å². The molecule has 0 aliphatic rings. The van der Waals surface area contributed by atoms with Crippen LogP contribution >= 0.6 is 11.3 Å². The number of thiazole rings is 1. The van der Waals surface area contributed by atoms with Crippen LogP contribution in [0.5, 0.6) is 0 Å². The number of halogens is 6. The number of nitriles is 1. The van der Waals surface area contributed by atoms with E-state index in [-0.39, 0.29) is 5.69 Å². The molecule has 0 fully saturated rings. The van der Waals surface area contributed by atoms with E-state index in [1.165, 1.54) is 19.2 Å². The number of hydrogen-bond acceptors (Lipinski definition) is 4. The van der Waals surface area contributed by atoms with Gasteiger partial charge in [-0.05, 0) is 25.1 Å². The average Bonchev–Trinajstić information content (AvgIpc) is 3.04. The first-order valence-electron chi connectivity index (χ1n) is 6.87. The number of hydrogen-bond donors (Lipinski definition) is 0. The Bertz CT molecular complexity index is 761. The van der Waals surface area contributed by atoms with Gasteiger partial charge in [-0.3, -0.25) is 0 Å². The summed E-state index contributed by atoms with van der Waals surface area (Å²) in [6, 6.07) is 3.02. The maximum absolute atomic E-state index is 13.1. The normalized spacial score (nSPS) is 13.4. The number of rotatable bonds is 4. The Hall–Kier alpha value is -2.28. The Labute approximate surface area is 143 Å². The molecule has 2 aromatic rings. The van der Waals surface area contributed by atoms with Gasteiger partial charge in [0.1, 0.15) is 11.6 Å². The minimum atomic E-state index is -4.85. The van der Waals surface area contributed by atoms with Gasteiger partial charge in [0, 0.05) is 17.3 Å². The Kier molecular flexibility index (Phi) is 5.27. The predicted octanol–water partition coefficient (Wildman–Crippen LogP) is 5.16. The van der Waals surface area contributed by atoms with Crippen LogP contribution in [0.25, 0.3) is 0 Å². The molecule has 0 aliphatic heterocycles. The van der Waals surface area contributed by atoms with E-state index in [0.29, 0.717) is 11.1 Å². The predicted molar refractivity (Wildman–Crippen MR) is 80.1 cm³/mol. The lowest BCUT2D eigenvalue weighted by Gasteiger charge is -2.31. The third kappa shape index (κ3) is 4.63. The maximum Gasteiger partial charge on any atom is 0.417 e. The molecule has 0 spiro atoms. The lowest BCUT2D eigenvalue weighted by Crippen LogP contribution is -2.36. The van der Waals surface area contributed by atoms with E-state index in [9.17, 15) is 26.3 Å². The molecule has 1 unspecified atom stereocenters. The third-order valence-electron chi connectivity index (χ3n) is 3.39. The number of aromatic nitrogens is 1. The fourth-order valence-corrected chi connectivity index (χ4v) is 2.97. The van der Waals surface area contributed by atoms with Gasteiger partial charge in [-0.2, -0.15) is 31.6 Å². The van der Waals surface area contributed by atoms with Crippen LogP contribution in [0.4, 0.5) is 32.0 Å². The van der Waals surface area contributed by atoms with Crippen LogP contribution in [0.2, 0.25) is 0 Å². The fraction of sp³-hybridized carbons (Fsp3) is 0.333. The summed E-state index contributed by atoms with van der Waals surface area (Å²) in [6.07, 6.45) is -8.07. The van der Waals surface area contributed by atoms with Crippen molar-refractivity contribution < 1.29 is 26.3 Å². The van der Waals surface area contributed by atoms with Crippen LogP contribution in [0, 0.1) is 11.3 Å². The molecule has 0 N–H and O–H groups in total. The molecule has 1 aromatic carbocycles. The summed E-state index contributed by atoms with van der Waals surface area (Å²) in [6.45, 7) is -0.0208. The van der Waals surface area contributed by atoms with E-state index in [1.807, 2.05) is 0 Å². The molecular formula is C15H11F6N3S. The molecule has 134 valence electrons. The maximum atomic E-state index is 13.1. The minimum absolute atomic E-state index is 0.286. The zero-order valence-corrected chi connectivity index (χ0v) is 13.5. The van der Waals surface area contributed by atoms with E-state index in [2.05, 4.69) is 4.98 Å². The first-order valence-corrected chi connectivity index (χ1v) is 7.75. The Balaban J connectivity index is 2.52. The highest BCUT2D eigenvalue weighted by Gasteiger charge is 2.37. The molecule has 1 atom stereocenters. The first kappa shape index (κ1) is 19.1. The molecule has 1 heterocycles. The van der Waals surface area contributed by atoms with E-state index in [1.54, 1.807) is 5.38 Å². The second kappa shape index (κ2) is 6.92. The minimum Gasteiger partial charge on any atom is -0.353 e. The van der Waals surface area contributed by atoms with Gasteiger partial charge in [-0.25, -0.2) is 4.98 Å². The van der Waals surface area contributed by atoms with Crippen LogP contribution in [0.15, 0.2) is 29.8 Å². The van der Waals surface area contributed by atoms with Gasteiger partial charge in [0.25, 0.3) is 0 Å². The molecular weight excluding hydrogens is 368 g/mol. The van der Waals surface area contributed by atoms with Crippen LogP contribution in [-0.4, -0.2) is 17.7 Å². The highest BCUT2D eigenvalue weighted by molar-refractivity contribution is 7.09.